The van der Waals surface area contributed by atoms with Crippen LogP contribution in [0.1, 0.15) is 13.3 Å². The van der Waals surface area contributed by atoms with E-state index in [0.29, 0.717) is 0 Å². The molecule has 1 N–H and O–H groups in total. The summed E-state index contributed by atoms with van der Waals surface area (Å²) in [4.78, 5) is 4.54. The fraction of sp³-hybridized carbons (Fsp3) is 1.00. The van der Waals surface area contributed by atoms with Crippen LogP contribution in [0.4, 0.5) is 0 Å². The van der Waals surface area contributed by atoms with E-state index < -0.39 is 0 Å². The second-order valence-corrected chi connectivity index (χ2v) is 3.90. The number of rotatable bonds is 3. The lowest BCUT2D eigenvalue weighted by molar-refractivity contribution is 0.0750. The lowest BCUT2D eigenvalue weighted by atomic mass is 9.99. The van der Waals surface area contributed by atoms with Gasteiger partial charge in [-0.15, -0.1) is 0 Å². The summed E-state index contributed by atoms with van der Waals surface area (Å²) in [5.74, 6) is 0. The minimum atomic E-state index is 0.0238. The fourth-order valence-corrected chi connectivity index (χ4v) is 1.85. The van der Waals surface area contributed by atoms with Gasteiger partial charge < -0.3 is 14.9 Å². The van der Waals surface area contributed by atoms with Crippen molar-refractivity contribution in [2.75, 3.05) is 40.3 Å². The van der Waals surface area contributed by atoms with E-state index in [1.165, 1.54) is 0 Å². The van der Waals surface area contributed by atoms with Gasteiger partial charge in [0, 0.05) is 13.1 Å². The van der Waals surface area contributed by atoms with Crippen molar-refractivity contribution in [2.45, 2.75) is 18.9 Å². The van der Waals surface area contributed by atoms with Crippen molar-refractivity contribution in [1.82, 2.24) is 9.80 Å². The van der Waals surface area contributed by atoms with Gasteiger partial charge in [0.25, 0.3) is 0 Å². The molecule has 0 aromatic heterocycles. The molecule has 72 valence electrons. The third kappa shape index (κ3) is 1.63. The minimum Gasteiger partial charge on any atom is -0.394 e. The Morgan fingerprint density at radius 3 is 2.42 bits per heavy atom. The highest BCUT2D eigenvalue weighted by atomic mass is 16.3. The highest BCUT2D eigenvalue weighted by Crippen LogP contribution is 2.24. The molecular weight excluding hydrogens is 152 g/mol. The minimum absolute atomic E-state index is 0.0238. The van der Waals surface area contributed by atoms with Crippen LogP contribution in [-0.4, -0.2) is 60.8 Å². The van der Waals surface area contributed by atoms with E-state index >= 15 is 0 Å². The first-order valence-corrected chi connectivity index (χ1v) is 4.65. The summed E-state index contributed by atoms with van der Waals surface area (Å²) >= 11 is 0. The molecule has 0 aliphatic carbocycles. The molecule has 1 saturated heterocycles. The molecule has 1 aliphatic rings. The molecule has 3 heteroatoms. The van der Waals surface area contributed by atoms with Crippen molar-refractivity contribution >= 4 is 0 Å². The highest BCUT2D eigenvalue weighted by molar-refractivity contribution is 4.96. The number of likely N-dealkylation sites (N-methyl/N-ethyl adjacent to an activating group) is 2. The van der Waals surface area contributed by atoms with Crippen LogP contribution in [0.3, 0.4) is 0 Å². The topological polar surface area (TPSA) is 26.7 Å². The molecule has 0 spiro atoms. The third-order valence-electron chi connectivity index (χ3n) is 3.10. The van der Waals surface area contributed by atoms with Gasteiger partial charge in [-0.3, -0.25) is 0 Å². The molecule has 3 nitrogen and oxygen atoms in total. The molecule has 1 aliphatic heterocycles. The second kappa shape index (κ2) is 3.73. The van der Waals surface area contributed by atoms with Crippen molar-refractivity contribution < 1.29 is 5.11 Å². The largest absolute Gasteiger partial charge is 0.394 e. The average Bonchev–Trinajstić information content (AvgIpc) is 2.48. The molecule has 1 fully saturated rings. The number of nitrogens with zero attached hydrogens (tertiary/aromatic N) is 2. The van der Waals surface area contributed by atoms with Gasteiger partial charge in [-0.2, -0.15) is 0 Å². The molecule has 0 saturated carbocycles. The maximum absolute atomic E-state index is 9.33. The van der Waals surface area contributed by atoms with Crippen LogP contribution in [0, 0.1) is 0 Å². The van der Waals surface area contributed by atoms with Gasteiger partial charge in [0.05, 0.1) is 12.1 Å². The molecular formula is C9H20N2O. The van der Waals surface area contributed by atoms with Crippen molar-refractivity contribution in [1.29, 1.82) is 0 Å². The smallest absolute Gasteiger partial charge is 0.0628 e. The lowest BCUT2D eigenvalue weighted by Gasteiger charge is -2.34. The Balaban J connectivity index is 2.59. The van der Waals surface area contributed by atoms with E-state index in [4.69, 9.17) is 0 Å². The van der Waals surface area contributed by atoms with Gasteiger partial charge in [0.15, 0.2) is 0 Å². The fourth-order valence-electron chi connectivity index (χ4n) is 1.85. The summed E-state index contributed by atoms with van der Waals surface area (Å²) in [7, 11) is 4.10. The number of likely N-dealkylation sites (tertiary alicyclic amines) is 1. The quantitative estimate of drug-likeness (QED) is 0.649. The monoisotopic (exact) mass is 172 g/mol. The Bertz CT molecular complexity index is 149. The van der Waals surface area contributed by atoms with Gasteiger partial charge in [0.1, 0.15) is 0 Å². The van der Waals surface area contributed by atoms with Crippen LogP contribution in [0.2, 0.25) is 0 Å². The molecule has 1 rings (SSSR count). The molecule has 0 aromatic carbocycles. The molecule has 0 radical (unpaired) electrons. The summed E-state index contributed by atoms with van der Waals surface area (Å²) in [5.41, 5.74) is 0.0238. The SMILES string of the molecule is CCN1CCC(CO)(N(C)C)C1. The Hall–Kier alpha value is -0.120. The van der Waals surface area contributed by atoms with E-state index in [-0.39, 0.29) is 12.1 Å². The van der Waals surface area contributed by atoms with Crippen LogP contribution >= 0.6 is 0 Å². The summed E-state index contributed by atoms with van der Waals surface area (Å²) in [5, 5.41) is 9.33. The summed E-state index contributed by atoms with van der Waals surface area (Å²) in [6.07, 6.45) is 1.09. The standard InChI is InChI=1S/C9H20N2O/c1-4-11-6-5-9(7-11,8-12)10(2)3/h12H,4-8H2,1-3H3. The highest BCUT2D eigenvalue weighted by Gasteiger charge is 2.38. The maximum Gasteiger partial charge on any atom is 0.0628 e. The zero-order valence-electron chi connectivity index (χ0n) is 8.38. The Morgan fingerprint density at radius 1 is 1.50 bits per heavy atom. The van der Waals surface area contributed by atoms with E-state index in [1.807, 2.05) is 0 Å². The van der Waals surface area contributed by atoms with E-state index in [1.54, 1.807) is 0 Å². The van der Waals surface area contributed by atoms with Gasteiger partial charge in [-0.25, -0.2) is 0 Å². The average molecular weight is 172 g/mol. The summed E-state index contributed by atoms with van der Waals surface area (Å²) < 4.78 is 0. The van der Waals surface area contributed by atoms with Crippen molar-refractivity contribution in [3.05, 3.63) is 0 Å². The van der Waals surface area contributed by atoms with Gasteiger partial charge in [-0.05, 0) is 27.1 Å². The predicted octanol–water partition coefficient (Wildman–Crippen LogP) is 0.00470. The molecule has 1 heterocycles. The summed E-state index contributed by atoms with van der Waals surface area (Å²) in [6.45, 7) is 5.66. The van der Waals surface area contributed by atoms with E-state index in [9.17, 15) is 5.11 Å². The third-order valence-corrected chi connectivity index (χ3v) is 3.10. The molecule has 12 heavy (non-hydrogen) atoms. The van der Waals surface area contributed by atoms with Crippen molar-refractivity contribution in [2.24, 2.45) is 0 Å². The number of hydrogen-bond donors (Lipinski definition) is 1. The van der Waals surface area contributed by atoms with Gasteiger partial charge in [0.2, 0.25) is 0 Å². The van der Waals surface area contributed by atoms with Crippen LogP contribution in [0.15, 0.2) is 0 Å². The van der Waals surface area contributed by atoms with Crippen molar-refractivity contribution in [3.8, 4) is 0 Å². The zero-order chi connectivity index (χ0) is 9.19. The first-order valence-electron chi connectivity index (χ1n) is 4.65. The number of aliphatic hydroxyl groups excluding tert-OH is 1. The van der Waals surface area contributed by atoms with E-state index in [2.05, 4.69) is 30.8 Å². The van der Waals surface area contributed by atoms with Crippen LogP contribution in [0.5, 0.6) is 0 Å². The van der Waals surface area contributed by atoms with Crippen LogP contribution in [-0.2, 0) is 0 Å². The second-order valence-electron chi connectivity index (χ2n) is 3.90. The van der Waals surface area contributed by atoms with Crippen molar-refractivity contribution in [3.63, 3.8) is 0 Å². The van der Waals surface area contributed by atoms with Gasteiger partial charge >= 0.3 is 0 Å². The number of hydrogen-bond acceptors (Lipinski definition) is 3. The lowest BCUT2D eigenvalue weighted by Crippen LogP contribution is -2.49. The Kier molecular flexibility index (Phi) is 3.09. The van der Waals surface area contributed by atoms with Crippen LogP contribution < -0.4 is 0 Å². The molecule has 0 amide bonds. The van der Waals surface area contributed by atoms with E-state index in [0.717, 1.165) is 26.1 Å². The summed E-state index contributed by atoms with van der Waals surface area (Å²) in [6, 6.07) is 0. The maximum atomic E-state index is 9.33. The van der Waals surface area contributed by atoms with Crippen LogP contribution in [0.25, 0.3) is 0 Å². The Labute approximate surface area is 75.0 Å². The zero-order valence-corrected chi connectivity index (χ0v) is 8.38. The molecule has 0 aromatic rings. The number of aliphatic hydroxyl groups is 1. The molecule has 0 bridgehead atoms. The van der Waals surface area contributed by atoms with Gasteiger partial charge in [-0.1, -0.05) is 6.92 Å². The molecule has 1 unspecified atom stereocenters. The predicted molar refractivity (Wildman–Crippen MR) is 50.2 cm³/mol. The normalized spacial score (nSPS) is 31.8. The first-order chi connectivity index (χ1) is 5.64. The first kappa shape index (κ1) is 9.96. The Morgan fingerprint density at radius 2 is 2.17 bits per heavy atom. The molecule has 1 atom stereocenters.